The van der Waals surface area contributed by atoms with Gasteiger partial charge in [-0.2, -0.15) is 0 Å². The van der Waals surface area contributed by atoms with Crippen LogP contribution in [0.3, 0.4) is 0 Å². The van der Waals surface area contributed by atoms with Crippen molar-refractivity contribution in [3.05, 3.63) is 80.1 Å². The molecule has 0 amide bonds. The predicted molar refractivity (Wildman–Crippen MR) is 128 cm³/mol. The van der Waals surface area contributed by atoms with Gasteiger partial charge in [-0.1, -0.05) is 55.2 Å². The number of nitrogens with zero attached hydrogens (tertiary/aromatic N) is 2. The minimum Gasteiger partial charge on any atom is -0.462 e. The van der Waals surface area contributed by atoms with Crippen molar-refractivity contribution in [2.75, 3.05) is 6.61 Å². The molecule has 0 unspecified atom stereocenters. The Kier molecular flexibility index (Phi) is 6.31. The molecule has 2 aliphatic heterocycles. The van der Waals surface area contributed by atoms with E-state index in [9.17, 15) is 9.18 Å². The smallest absolute Gasteiger partial charge is 0.346 e. The summed E-state index contributed by atoms with van der Waals surface area (Å²) in [5.41, 5.74) is 1.69. The van der Waals surface area contributed by atoms with Gasteiger partial charge in [0.15, 0.2) is 5.17 Å². The van der Waals surface area contributed by atoms with Crippen LogP contribution < -0.4 is 0 Å². The molecule has 2 heterocycles. The number of rotatable bonds is 5. The van der Waals surface area contributed by atoms with E-state index in [4.69, 9.17) is 32.9 Å². The van der Waals surface area contributed by atoms with Gasteiger partial charge in [-0.25, -0.2) is 14.2 Å². The van der Waals surface area contributed by atoms with Crippen molar-refractivity contribution in [1.29, 1.82) is 0 Å². The van der Waals surface area contributed by atoms with Crippen molar-refractivity contribution < 1.29 is 13.9 Å². The third-order valence-corrected chi connectivity index (χ3v) is 7.32. The number of benzene rings is 2. The first-order valence-corrected chi connectivity index (χ1v) is 11.9. The number of carbonyl (C=O) groups excluding carboxylic acids is 1. The third kappa shape index (κ3) is 3.82. The monoisotopic (exact) mass is 492 g/mol. The molecular weight excluding hydrogens is 470 g/mol. The molecule has 0 fully saturated rings. The standard InChI is InChI=1S/C24H23Cl2FN2O2S/c1-5-31-22(30)20-19(13(2)3)29-21(14-6-9-16(25)10-7-14)24(4,28-23(29)32-20)15-8-11-17(26)18(27)12-15/h6-13,21H,5H2,1-4H3/t21-,24+/m1/s1. The number of hydrogen-bond donors (Lipinski definition) is 0. The van der Waals surface area contributed by atoms with Crippen LogP contribution in [0.2, 0.25) is 10.0 Å². The van der Waals surface area contributed by atoms with Crippen LogP contribution in [0.1, 0.15) is 44.9 Å². The number of aliphatic imine (C=N–C) groups is 1. The van der Waals surface area contributed by atoms with Gasteiger partial charge in [0.2, 0.25) is 0 Å². The summed E-state index contributed by atoms with van der Waals surface area (Å²) in [5, 5.41) is 1.37. The van der Waals surface area contributed by atoms with E-state index in [0.29, 0.717) is 27.3 Å². The largest absolute Gasteiger partial charge is 0.462 e. The fourth-order valence-corrected chi connectivity index (χ4v) is 5.82. The normalized spacial score (nSPS) is 22.4. The quantitative estimate of drug-likeness (QED) is 0.424. The topological polar surface area (TPSA) is 41.9 Å². The highest BCUT2D eigenvalue weighted by atomic mass is 35.5. The average Bonchev–Trinajstić information content (AvgIpc) is 3.24. The molecule has 0 bridgehead atoms. The van der Waals surface area contributed by atoms with Crippen LogP contribution in [-0.4, -0.2) is 22.6 Å². The molecule has 2 atom stereocenters. The molecule has 2 aliphatic rings. The van der Waals surface area contributed by atoms with E-state index in [0.717, 1.165) is 11.3 Å². The molecule has 0 saturated heterocycles. The van der Waals surface area contributed by atoms with E-state index in [1.807, 2.05) is 45.0 Å². The Morgan fingerprint density at radius 1 is 1.25 bits per heavy atom. The Bertz CT molecular complexity index is 1130. The molecular formula is C24H23Cl2FN2O2S. The second-order valence-electron chi connectivity index (χ2n) is 8.19. The first kappa shape index (κ1) is 23.1. The van der Waals surface area contributed by atoms with Gasteiger partial charge in [-0.05, 0) is 66.9 Å². The van der Waals surface area contributed by atoms with E-state index in [1.165, 1.54) is 17.8 Å². The maximum Gasteiger partial charge on any atom is 0.346 e. The lowest BCUT2D eigenvalue weighted by atomic mass is 9.81. The first-order chi connectivity index (χ1) is 15.2. The second-order valence-corrected chi connectivity index (χ2v) is 10.0. The molecule has 0 radical (unpaired) electrons. The highest BCUT2D eigenvalue weighted by Gasteiger charge is 2.53. The average molecular weight is 493 g/mol. The van der Waals surface area contributed by atoms with E-state index in [1.54, 1.807) is 19.1 Å². The first-order valence-electron chi connectivity index (χ1n) is 10.4. The molecule has 2 aromatic rings. The van der Waals surface area contributed by atoms with Crippen molar-refractivity contribution in [2.45, 2.75) is 39.3 Å². The van der Waals surface area contributed by atoms with E-state index >= 15 is 0 Å². The highest BCUT2D eigenvalue weighted by Crippen LogP contribution is 2.56. The van der Waals surface area contributed by atoms with Gasteiger partial charge in [0, 0.05) is 10.7 Å². The van der Waals surface area contributed by atoms with Crippen LogP contribution in [0.25, 0.3) is 0 Å². The Hall–Kier alpha value is -2.02. The van der Waals surface area contributed by atoms with Crippen molar-refractivity contribution in [1.82, 2.24) is 4.90 Å². The molecule has 4 nitrogen and oxygen atoms in total. The van der Waals surface area contributed by atoms with Crippen molar-refractivity contribution >= 4 is 46.1 Å². The SMILES string of the molecule is CCOC(=O)C1=C(C(C)C)N2C(=N[C@@](C)(c3ccc(Cl)c(F)c3)[C@H]2c2ccc(Cl)cc2)S1. The van der Waals surface area contributed by atoms with Gasteiger partial charge < -0.3 is 9.64 Å². The summed E-state index contributed by atoms with van der Waals surface area (Å²) in [7, 11) is 0. The van der Waals surface area contributed by atoms with E-state index in [-0.39, 0.29) is 23.0 Å². The minimum absolute atomic E-state index is 0.0358. The van der Waals surface area contributed by atoms with E-state index in [2.05, 4.69) is 4.90 Å². The van der Waals surface area contributed by atoms with Crippen LogP contribution in [0, 0.1) is 11.7 Å². The highest BCUT2D eigenvalue weighted by molar-refractivity contribution is 8.18. The molecule has 32 heavy (non-hydrogen) atoms. The maximum atomic E-state index is 14.4. The fourth-order valence-electron chi connectivity index (χ4n) is 4.28. The molecule has 0 aliphatic carbocycles. The molecule has 0 spiro atoms. The number of esters is 1. The summed E-state index contributed by atoms with van der Waals surface area (Å²) in [6, 6.07) is 12.0. The zero-order valence-electron chi connectivity index (χ0n) is 18.2. The predicted octanol–water partition coefficient (Wildman–Crippen LogP) is 6.94. The van der Waals surface area contributed by atoms with Crippen LogP contribution in [-0.2, 0) is 15.1 Å². The summed E-state index contributed by atoms with van der Waals surface area (Å²) in [6.07, 6.45) is 0. The lowest BCUT2D eigenvalue weighted by molar-refractivity contribution is -0.137. The van der Waals surface area contributed by atoms with Gasteiger partial charge in [0.25, 0.3) is 0 Å². The fraction of sp³-hybridized carbons (Fsp3) is 0.333. The molecule has 2 aromatic carbocycles. The Labute approximate surface area is 201 Å². The zero-order valence-corrected chi connectivity index (χ0v) is 20.5. The van der Waals surface area contributed by atoms with Gasteiger partial charge in [0.1, 0.15) is 16.3 Å². The van der Waals surface area contributed by atoms with Gasteiger partial charge >= 0.3 is 5.97 Å². The number of allylic oxidation sites excluding steroid dienone is 1. The number of ether oxygens (including phenoxy) is 1. The van der Waals surface area contributed by atoms with Crippen molar-refractivity contribution in [3.8, 4) is 0 Å². The zero-order chi connectivity index (χ0) is 23.2. The minimum atomic E-state index is -0.818. The molecule has 0 aromatic heterocycles. The molecule has 0 saturated carbocycles. The number of hydrogen-bond acceptors (Lipinski definition) is 5. The lowest BCUT2D eigenvalue weighted by Crippen LogP contribution is -2.36. The number of amidine groups is 1. The van der Waals surface area contributed by atoms with Gasteiger partial charge in [-0.3, -0.25) is 0 Å². The summed E-state index contributed by atoms with van der Waals surface area (Å²) in [5.74, 6) is -0.812. The van der Waals surface area contributed by atoms with Crippen molar-refractivity contribution in [2.24, 2.45) is 10.9 Å². The second kappa shape index (κ2) is 8.73. The number of thioether (sulfide) groups is 1. The van der Waals surface area contributed by atoms with Crippen molar-refractivity contribution in [3.63, 3.8) is 0 Å². The lowest BCUT2D eigenvalue weighted by Gasteiger charge is -2.37. The molecule has 8 heteroatoms. The van der Waals surface area contributed by atoms with Crippen LogP contribution in [0.15, 0.2) is 58.1 Å². The molecule has 168 valence electrons. The number of carbonyl (C=O) groups is 1. The summed E-state index contributed by atoms with van der Waals surface area (Å²) < 4.78 is 19.8. The Balaban J connectivity index is 1.91. The maximum absolute atomic E-state index is 14.4. The van der Waals surface area contributed by atoms with Crippen LogP contribution in [0.5, 0.6) is 0 Å². The van der Waals surface area contributed by atoms with Crippen LogP contribution in [0.4, 0.5) is 4.39 Å². The molecule has 4 rings (SSSR count). The third-order valence-electron chi connectivity index (χ3n) is 5.71. The summed E-state index contributed by atoms with van der Waals surface area (Å²) >= 11 is 13.4. The molecule has 0 N–H and O–H groups in total. The van der Waals surface area contributed by atoms with Gasteiger partial charge in [-0.15, -0.1) is 0 Å². The van der Waals surface area contributed by atoms with Crippen LogP contribution >= 0.6 is 35.0 Å². The number of halogens is 3. The number of fused-ring (bicyclic) bond motifs is 1. The van der Waals surface area contributed by atoms with E-state index < -0.39 is 11.4 Å². The Morgan fingerprint density at radius 2 is 1.94 bits per heavy atom. The summed E-state index contributed by atoms with van der Waals surface area (Å²) in [6.45, 7) is 8.13. The summed E-state index contributed by atoms with van der Waals surface area (Å²) in [4.78, 5) is 20.4. The van der Waals surface area contributed by atoms with Gasteiger partial charge in [0.05, 0.1) is 17.7 Å². The Morgan fingerprint density at radius 3 is 2.53 bits per heavy atom.